The first kappa shape index (κ1) is 17.7. The molecule has 1 aromatic carbocycles. The largest absolute Gasteiger partial charge is 0.345 e. The van der Waals surface area contributed by atoms with Gasteiger partial charge >= 0.3 is 0 Å². The molecule has 1 saturated carbocycles. The van der Waals surface area contributed by atoms with Crippen molar-refractivity contribution in [2.24, 2.45) is 0 Å². The Labute approximate surface area is 162 Å². The minimum absolute atomic E-state index is 0.127. The summed E-state index contributed by atoms with van der Waals surface area (Å²) in [5, 5.41) is 0.444. The van der Waals surface area contributed by atoms with Crippen molar-refractivity contribution in [2.45, 2.75) is 25.7 Å². The Morgan fingerprint density at radius 2 is 1.93 bits per heavy atom. The van der Waals surface area contributed by atoms with Gasteiger partial charge in [-0.15, -0.1) is 0 Å². The molecule has 1 aliphatic rings. The average Bonchev–Trinajstić information content (AvgIpc) is 3.44. The zero-order valence-electron chi connectivity index (χ0n) is 15.5. The third-order valence-electron chi connectivity index (χ3n) is 4.97. The van der Waals surface area contributed by atoms with E-state index in [1.54, 1.807) is 36.8 Å². The van der Waals surface area contributed by atoms with Gasteiger partial charge in [0.05, 0.1) is 21.8 Å². The van der Waals surface area contributed by atoms with Crippen molar-refractivity contribution in [3.8, 4) is 0 Å². The summed E-state index contributed by atoms with van der Waals surface area (Å²) < 4.78 is 1.70. The fraction of sp³-hybridized carbons (Fsp3) is 0.286. The summed E-state index contributed by atoms with van der Waals surface area (Å²) in [6, 6.07) is 9.18. The second-order valence-corrected chi connectivity index (χ2v) is 7.61. The number of ketones is 1. The number of nitrogens with zero attached hydrogens (tertiary/aromatic N) is 3. The zero-order chi connectivity index (χ0) is 19.3. The van der Waals surface area contributed by atoms with Crippen molar-refractivity contribution < 1.29 is 9.59 Å². The molecule has 1 amide bonds. The van der Waals surface area contributed by atoms with E-state index in [0.717, 1.165) is 29.6 Å². The maximum absolute atomic E-state index is 13.4. The van der Waals surface area contributed by atoms with Gasteiger partial charge in [-0.2, -0.15) is 0 Å². The van der Waals surface area contributed by atoms with E-state index < -0.39 is 0 Å². The Morgan fingerprint density at radius 1 is 1.19 bits per heavy atom. The number of imidazole rings is 1. The maximum atomic E-state index is 13.4. The molecule has 0 unspecified atom stereocenters. The molecule has 0 aliphatic heterocycles. The molecule has 1 aliphatic carbocycles. The summed E-state index contributed by atoms with van der Waals surface area (Å²) >= 11 is 6.41. The molecule has 0 bridgehead atoms. The van der Waals surface area contributed by atoms with Gasteiger partial charge in [-0.25, -0.2) is 4.98 Å². The molecule has 0 saturated heterocycles. The van der Waals surface area contributed by atoms with Gasteiger partial charge in [0.25, 0.3) is 5.91 Å². The molecular formula is C21H20ClN3O2. The van der Waals surface area contributed by atoms with Crippen molar-refractivity contribution in [3.05, 3.63) is 69.8 Å². The van der Waals surface area contributed by atoms with Crippen LogP contribution in [0.3, 0.4) is 0 Å². The van der Waals surface area contributed by atoms with Crippen molar-refractivity contribution in [2.75, 3.05) is 14.1 Å². The minimum atomic E-state index is -0.208. The van der Waals surface area contributed by atoms with Gasteiger partial charge < -0.3 is 4.90 Å². The number of carbonyl (C=O) groups is 2. The number of rotatable bonds is 4. The number of hydrogen-bond donors (Lipinski definition) is 0. The highest BCUT2D eigenvalue weighted by atomic mass is 35.5. The van der Waals surface area contributed by atoms with E-state index in [4.69, 9.17) is 11.6 Å². The van der Waals surface area contributed by atoms with Crippen LogP contribution in [0.4, 0.5) is 0 Å². The van der Waals surface area contributed by atoms with Gasteiger partial charge in [-0.3, -0.25) is 14.0 Å². The molecule has 0 radical (unpaired) electrons. The Hall–Kier alpha value is -2.66. The number of pyridine rings is 1. The Bertz CT molecular complexity index is 1080. The van der Waals surface area contributed by atoms with E-state index in [-0.39, 0.29) is 17.5 Å². The molecule has 3 aromatic rings. The molecule has 0 spiro atoms. The van der Waals surface area contributed by atoms with Gasteiger partial charge in [0.15, 0.2) is 5.82 Å². The molecular weight excluding hydrogens is 362 g/mol. The average molecular weight is 382 g/mol. The summed E-state index contributed by atoms with van der Waals surface area (Å²) in [5.74, 6) is 0.338. The van der Waals surface area contributed by atoms with E-state index in [9.17, 15) is 9.59 Å². The van der Waals surface area contributed by atoms with Crippen molar-refractivity contribution >= 4 is 28.8 Å². The fourth-order valence-electron chi connectivity index (χ4n) is 3.41. The minimum Gasteiger partial charge on any atom is -0.345 e. The van der Waals surface area contributed by atoms with Crippen LogP contribution in [0.1, 0.15) is 56.6 Å². The van der Waals surface area contributed by atoms with Crippen LogP contribution in [-0.2, 0) is 0 Å². The maximum Gasteiger partial charge on any atom is 0.254 e. The SMILES string of the molecule is Cc1nc(C(=O)c2c(Cl)cccc2C2CC2)n2cc(C(=O)N(C)C)ccc12. The zero-order valence-corrected chi connectivity index (χ0v) is 16.2. The molecule has 5 nitrogen and oxygen atoms in total. The lowest BCUT2D eigenvalue weighted by atomic mass is 9.99. The van der Waals surface area contributed by atoms with Crippen LogP contribution in [0.15, 0.2) is 36.5 Å². The third kappa shape index (κ3) is 3.02. The van der Waals surface area contributed by atoms with E-state index in [1.807, 2.05) is 25.1 Å². The van der Waals surface area contributed by atoms with Crippen molar-refractivity contribution in [1.29, 1.82) is 0 Å². The Kier molecular flexibility index (Phi) is 4.27. The third-order valence-corrected chi connectivity index (χ3v) is 5.28. The molecule has 6 heteroatoms. The van der Waals surface area contributed by atoms with E-state index in [1.165, 1.54) is 4.90 Å². The summed E-state index contributed by atoms with van der Waals surface area (Å²) in [6.07, 6.45) is 3.82. The standard InChI is InChI=1S/C21H20ClN3O2/c1-12-17-10-9-14(21(27)24(2)3)11-25(17)20(23-12)19(26)18-15(13-7-8-13)5-4-6-16(18)22/h4-6,9-11,13H,7-8H2,1-3H3. The first-order chi connectivity index (χ1) is 12.9. The molecule has 138 valence electrons. The summed E-state index contributed by atoms with van der Waals surface area (Å²) in [4.78, 5) is 31.7. The second-order valence-electron chi connectivity index (χ2n) is 7.20. The molecule has 1 fully saturated rings. The monoisotopic (exact) mass is 381 g/mol. The van der Waals surface area contributed by atoms with E-state index in [2.05, 4.69) is 4.98 Å². The van der Waals surface area contributed by atoms with Crippen LogP contribution >= 0.6 is 11.6 Å². The van der Waals surface area contributed by atoms with Crippen molar-refractivity contribution in [3.63, 3.8) is 0 Å². The number of hydrogen-bond acceptors (Lipinski definition) is 3. The summed E-state index contributed by atoms with van der Waals surface area (Å²) in [6.45, 7) is 1.86. The first-order valence-electron chi connectivity index (χ1n) is 8.92. The number of carbonyl (C=O) groups excluding carboxylic acids is 2. The highest BCUT2D eigenvalue weighted by Gasteiger charge is 2.31. The lowest BCUT2D eigenvalue weighted by molar-refractivity contribution is 0.0826. The molecule has 2 heterocycles. The Balaban J connectivity index is 1.88. The molecule has 27 heavy (non-hydrogen) atoms. The van der Waals surface area contributed by atoms with Gasteiger partial charge in [-0.05, 0) is 49.4 Å². The van der Waals surface area contributed by atoms with Gasteiger partial charge in [0.1, 0.15) is 0 Å². The number of aryl methyl sites for hydroxylation is 1. The van der Waals surface area contributed by atoms with Crippen LogP contribution in [-0.4, -0.2) is 40.1 Å². The Morgan fingerprint density at radius 3 is 2.59 bits per heavy atom. The highest BCUT2D eigenvalue weighted by Crippen LogP contribution is 2.43. The second kappa shape index (κ2) is 6.50. The number of fused-ring (bicyclic) bond motifs is 1. The fourth-order valence-corrected chi connectivity index (χ4v) is 3.68. The smallest absolute Gasteiger partial charge is 0.254 e. The summed E-state index contributed by atoms with van der Waals surface area (Å²) in [5.41, 5.74) is 3.55. The summed E-state index contributed by atoms with van der Waals surface area (Å²) in [7, 11) is 3.40. The van der Waals surface area contributed by atoms with Crippen LogP contribution < -0.4 is 0 Å². The molecule has 2 aromatic heterocycles. The first-order valence-corrected chi connectivity index (χ1v) is 9.29. The van der Waals surface area contributed by atoms with Crippen LogP contribution in [0.2, 0.25) is 5.02 Å². The topological polar surface area (TPSA) is 54.7 Å². The van der Waals surface area contributed by atoms with E-state index in [0.29, 0.717) is 22.1 Å². The quantitative estimate of drug-likeness (QED) is 0.639. The number of benzene rings is 1. The van der Waals surface area contributed by atoms with Crippen LogP contribution in [0.5, 0.6) is 0 Å². The van der Waals surface area contributed by atoms with Gasteiger partial charge in [0, 0.05) is 25.9 Å². The highest BCUT2D eigenvalue weighted by molar-refractivity contribution is 6.35. The predicted octanol–water partition coefficient (Wildman–Crippen LogP) is 4.11. The molecule has 0 atom stereocenters. The van der Waals surface area contributed by atoms with Crippen molar-refractivity contribution in [1.82, 2.24) is 14.3 Å². The number of aromatic nitrogens is 2. The number of amides is 1. The van der Waals surface area contributed by atoms with Crippen LogP contribution in [0.25, 0.3) is 5.52 Å². The predicted molar refractivity (Wildman–Crippen MR) is 105 cm³/mol. The lowest BCUT2D eigenvalue weighted by Gasteiger charge is -2.12. The lowest BCUT2D eigenvalue weighted by Crippen LogP contribution is -2.22. The van der Waals surface area contributed by atoms with Crippen LogP contribution in [0, 0.1) is 6.92 Å². The van der Waals surface area contributed by atoms with Gasteiger partial charge in [0.2, 0.25) is 5.78 Å². The van der Waals surface area contributed by atoms with Gasteiger partial charge in [-0.1, -0.05) is 23.7 Å². The number of halogens is 1. The molecule has 4 rings (SSSR count). The molecule has 0 N–H and O–H groups in total. The normalized spacial score (nSPS) is 13.8. The van der Waals surface area contributed by atoms with E-state index >= 15 is 0 Å².